The fourth-order valence-corrected chi connectivity index (χ4v) is 6.21. The van der Waals surface area contributed by atoms with Gasteiger partial charge in [-0.05, 0) is 34.2 Å². The van der Waals surface area contributed by atoms with Crippen molar-refractivity contribution < 1.29 is 32.6 Å². The van der Waals surface area contributed by atoms with E-state index in [0.29, 0.717) is 12.6 Å². The highest BCUT2D eigenvalue weighted by atomic mass is 35.5. The number of aliphatic hydroxyl groups is 1. The van der Waals surface area contributed by atoms with E-state index in [1.807, 2.05) is 11.9 Å². The quantitative estimate of drug-likeness (QED) is 0.271. The Labute approximate surface area is 213 Å². The van der Waals surface area contributed by atoms with Crippen LogP contribution in [0.4, 0.5) is 4.39 Å². The lowest BCUT2D eigenvalue weighted by Crippen LogP contribution is -2.55. The molecule has 0 radical (unpaired) electrons. The number of aromatic nitrogens is 2. The molecule has 6 unspecified atom stereocenters. The molecule has 36 heavy (non-hydrogen) atoms. The van der Waals surface area contributed by atoms with E-state index in [-0.39, 0.29) is 49.9 Å². The smallest absolute Gasteiger partial charge is 0.390 e. The predicted molar refractivity (Wildman–Crippen MR) is 129 cm³/mol. The van der Waals surface area contributed by atoms with E-state index in [2.05, 4.69) is 19.2 Å². The second kappa shape index (κ2) is 12.1. The molecule has 0 aromatic carbocycles. The van der Waals surface area contributed by atoms with Crippen molar-refractivity contribution >= 4 is 19.3 Å². The molecule has 206 valence electrons. The first-order valence-corrected chi connectivity index (χ1v) is 13.8. The Morgan fingerprint density at radius 1 is 1.36 bits per heavy atom. The molecule has 3 heterocycles. The third-order valence-corrected chi connectivity index (χ3v) is 8.24. The molecular formula is C21H35ClFN4O8P. The van der Waals surface area contributed by atoms with Gasteiger partial charge in [-0.1, -0.05) is 0 Å². The van der Waals surface area contributed by atoms with Crippen LogP contribution in [0.2, 0.25) is 0 Å². The first-order chi connectivity index (χ1) is 16.8. The molecule has 3 N–H and O–H groups in total. The fourth-order valence-electron chi connectivity index (χ4n) is 4.35. The highest BCUT2D eigenvalue weighted by Gasteiger charge is 2.40. The average molecular weight is 557 g/mol. The summed E-state index contributed by atoms with van der Waals surface area (Å²) in [6.07, 6.45) is -1.44. The first-order valence-electron chi connectivity index (χ1n) is 11.8. The van der Waals surface area contributed by atoms with Gasteiger partial charge in [-0.25, -0.2) is 14.0 Å². The van der Waals surface area contributed by atoms with Crippen molar-refractivity contribution in [3.8, 4) is 0 Å². The van der Waals surface area contributed by atoms with Crippen LogP contribution in [-0.4, -0.2) is 82.1 Å². The van der Waals surface area contributed by atoms with Gasteiger partial charge in [-0.15, -0.1) is 11.6 Å². The van der Waals surface area contributed by atoms with Gasteiger partial charge in [0.15, 0.2) is 0 Å². The molecule has 12 nitrogen and oxygen atoms in total. The van der Waals surface area contributed by atoms with Crippen LogP contribution in [0, 0.1) is 5.82 Å². The van der Waals surface area contributed by atoms with Gasteiger partial charge in [0, 0.05) is 30.8 Å². The normalized spacial score (nSPS) is 29.9. The monoisotopic (exact) mass is 556 g/mol. The number of hydrogen-bond donors (Lipinski definition) is 3. The lowest BCUT2D eigenvalue weighted by Gasteiger charge is -2.40. The largest absolute Gasteiger partial charge is 0.408 e. The van der Waals surface area contributed by atoms with Crippen LogP contribution in [0.5, 0.6) is 0 Å². The van der Waals surface area contributed by atoms with Gasteiger partial charge >= 0.3 is 13.4 Å². The summed E-state index contributed by atoms with van der Waals surface area (Å²) in [5.41, 5.74) is -2.14. The molecule has 0 aliphatic carbocycles. The number of nitrogens with zero attached hydrogens (tertiary/aromatic N) is 2. The lowest BCUT2D eigenvalue weighted by molar-refractivity contribution is -0.0943. The Morgan fingerprint density at radius 3 is 2.75 bits per heavy atom. The number of aliphatic hydroxyl groups excluding tert-OH is 1. The number of alkyl halides is 1. The summed E-state index contributed by atoms with van der Waals surface area (Å²) in [4.78, 5) is 25.1. The highest BCUT2D eigenvalue weighted by molar-refractivity contribution is 7.51. The molecule has 2 aliphatic heterocycles. The van der Waals surface area contributed by atoms with Gasteiger partial charge in [-0.3, -0.25) is 28.7 Å². The number of aromatic amines is 1. The van der Waals surface area contributed by atoms with Gasteiger partial charge in [0.2, 0.25) is 5.82 Å². The molecule has 0 bridgehead atoms. The molecular weight excluding hydrogens is 522 g/mol. The van der Waals surface area contributed by atoms with Crippen molar-refractivity contribution in [2.24, 2.45) is 0 Å². The highest BCUT2D eigenvalue weighted by Crippen LogP contribution is 2.51. The minimum Gasteiger partial charge on any atom is -0.390 e. The van der Waals surface area contributed by atoms with Crippen molar-refractivity contribution in [2.45, 2.75) is 76.3 Å². The van der Waals surface area contributed by atoms with Crippen LogP contribution in [0.15, 0.2) is 15.8 Å². The van der Waals surface area contributed by atoms with E-state index in [9.17, 15) is 23.7 Å². The second-order valence-corrected chi connectivity index (χ2v) is 12.2. The van der Waals surface area contributed by atoms with Crippen LogP contribution in [0.25, 0.3) is 0 Å². The van der Waals surface area contributed by atoms with Crippen LogP contribution in [0.3, 0.4) is 0 Å². The zero-order chi connectivity index (χ0) is 26.7. The Hall–Kier alpha value is -1.15. The Kier molecular flexibility index (Phi) is 9.92. The molecule has 0 saturated carbocycles. The molecule has 1 aromatic rings. The minimum atomic E-state index is -3.84. The molecule has 1 aromatic heterocycles. The van der Waals surface area contributed by atoms with Crippen LogP contribution in [-0.2, 0) is 23.1 Å². The standard InChI is InChI=1S/C21H35ClFN4O8P/c1-13-10-21(2,3)25-17(34-13)5-8-32-36(31,26(4)7-6-22)33-12-16-15(28)9-18(35-16)27-11-14(23)19(29)24-20(27)30/h11,13,15-18,25,28H,5-10,12H2,1-4H3,(H,24,29,30). The summed E-state index contributed by atoms with van der Waals surface area (Å²) in [5.74, 6) is -0.987. The summed E-state index contributed by atoms with van der Waals surface area (Å²) in [6.45, 7) is 6.10. The number of halogens is 2. The third kappa shape index (κ3) is 7.46. The van der Waals surface area contributed by atoms with Gasteiger partial charge < -0.3 is 14.6 Å². The van der Waals surface area contributed by atoms with Crippen molar-refractivity contribution in [2.75, 3.05) is 32.7 Å². The van der Waals surface area contributed by atoms with E-state index in [4.69, 9.17) is 30.1 Å². The molecule has 0 spiro atoms. The van der Waals surface area contributed by atoms with E-state index < -0.39 is 43.2 Å². The Balaban J connectivity index is 1.61. The molecule has 15 heteroatoms. The maximum atomic E-state index is 13.7. The second-order valence-electron chi connectivity index (χ2n) is 9.70. The number of rotatable bonds is 11. The van der Waals surface area contributed by atoms with Crippen LogP contribution in [0.1, 0.15) is 46.3 Å². The van der Waals surface area contributed by atoms with E-state index in [0.717, 1.165) is 11.0 Å². The zero-order valence-electron chi connectivity index (χ0n) is 20.8. The van der Waals surface area contributed by atoms with Crippen LogP contribution < -0.4 is 16.6 Å². The van der Waals surface area contributed by atoms with Gasteiger partial charge in [-0.2, -0.15) is 4.39 Å². The third-order valence-electron chi connectivity index (χ3n) is 6.05. The van der Waals surface area contributed by atoms with E-state index >= 15 is 0 Å². The van der Waals surface area contributed by atoms with E-state index in [1.165, 1.54) is 4.67 Å². The number of nitrogens with one attached hydrogen (secondary N) is 2. The minimum absolute atomic E-state index is 0.0607. The summed E-state index contributed by atoms with van der Waals surface area (Å²) in [6, 6.07) is 0. The van der Waals surface area contributed by atoms with Crippen molar-refractivity contribution in [3.63, 3.8) is 0 Å². The van der Waals surface area contributed by atoms with Crippen molar-refractivity contribution in [1.29, 1.82) is 0 Å². The summed E-state index contributed by atoms with van der Waals surface area (Å²) >= 11 is 5.82. The summed E-state index contributed by atoms with van der Waals surface area (Å²) < 4.78 is 52.3. The number of H-pyrrole nitrogens is 1. The molecule has 0 amide bonds. The van der Waals surface area contributed by atoms with Gasteiger partial charge in [0.25, 0.3) is 5.56 Å². The zero-order valence-corrected chi connectivity index (χ0v) is 22.5. The summed E-state index contributed by atoms with van der Waals surface area (Å²) in [7, 11) is -2.30. The van der Waals surface area contributed by atoms with Gasteiger partial charge in [0.05, 0.1) is 31.6 Å². The van der Waals surface area contributed by atoms with Gasteiger partial charge in [0.1, 0.15) is 18.6 Å². The fraction of sp³-hybridized carbons (Fsp3) is 0.810. The number of hydrogen-bond acceptors (Lipinski definition) is 9. The maximum absolute atomic E-state index is 13.7. The van der Waals surface area contributed by atoms with Crippen LogP contribution >= 0.6 is 19.3 Å². The van der Waals surface area contributed by atoms with Crippen molar-refractivity contribution in [1.82, 2.24) is 19.5 Å². The SMILES string of the molecule is CC1CC(C)(C)NC(CCOP(=O)(OCC2OC(n3cc(F)c(=O)[nH]c3=O)CC2O)N(C)CCCl)O1. The van der Waals surface area contributed by atoms with Crippen molar-refractivity contribution in [3.05, 3.63) is 32.9 Å². The molecule has 6 atom stereocenters. The molecule has 3 rings (SSSR count). The average Bonchev–Trinajstić information content (AvgIpc) is 3.14. The number of ether oxygens (including phenoxy) is 2. The predicted octanol–water partition coefficient (Wildman–Crippen LogP) is 1.53. The Morgan fingerprint density at radius 2 is 2.08 bits per heavy atom. The first kappa shape index (κ1) is 29.4. The molecule has 2 saturated heterocycles. The molecule has 2 aliphatic rings. The topological polar surface area (TPSA) is 144 Å². The maximum Gasteiger partial charge on any atom is 0.408 e. The lowest BCUT2D eigenvalue weighted by atomic mass is 9.95. The molecule has 2 fully saturated rings. The van der Waals surface area contributed by atoms with E-state index in [1.54, 1.807) is 7.05 Å². The summed E-state index contributed by atoms with van der Waals surface area (Å²) in [5, 5.41) is 13.8. The Bertz CT molecular complexity index is 1060.